The van der Waals surface area contributed by atoms with Crippen LogP contribution in [-0.4, -0.2) is 15.9 Å². The van der Waals surface area contributed by atoms with E-state index >= 15 is 0 Å². The Kier molecular flexibility index (Phi) is 4.38. The van der Waals surface area contributed by atoms with Gasteiger partial charge in [0.15, 0.2) is 5.13 Å². The molecule has 22 heavy (non-hydrogen) atoms. The van der Waals surface area contributed by atoms with Crippen molar-refractivity contribution in [2.24, 2.45) is 0 Å². The van der Waals surface area contributed by atoms with Gasteiger partial charge in [-0.1, -0.05) is 23.2 Å². The van der Waals surface area contributed by atoms with Crippen molar-refractivity contribution in [1.82, 2.24) is 9.97 Å². The van der Waals surface area contributed by atoms with E-state index in [0.717, 1.165) is 11.3 Å². The van der Waals surface area contributed by atoms with E-state index in [1.807, 2.05) is 17.5 Å². The Labute approximate surface area is 140 Å². The van der Waals surface area contributed by atoms with E-state index < -0.39 is 0 Å². The zero-order valence-electron chi connectivity index (χ0n) is 11.1. The molecular weight excluding hydrogens is 341 g/mol. The molecule has 0 saturated carbocycles. The van der Waals surface area contributed by atoms with Gasteiger partial charge in [0.05, 0.1) is 15.7 Å². The second kappa shape index (κ2) is 6.44. The SMILES string of the molecule is O=C(Nc1nc(-c2cccnc2)cs1)c1ccc(Cl)c(Cl)c1. The van der Waals surface area contributed by atoms with Crippen LogP contribution in [0.4, 0.5) is 5.13 Å². The van der Waals surface area contributed by atoms with E-state index in [9.17, 15) is 4.79 Å². The normalized spacial score (nSPS) is 10.5. The molecule has 4 nitrogen and oxygen atoms in total. The van der Waals surface area contributed by atoms with Gasteiger partial charge in [0.25, 0.3) is 5.91 Å². The van der Waals surface area contributed by atoms with E-state index in [1.165, 1.54) is 17.4 Å². The van der Waals surface area contributed by atoms with Gasteiger partial charge in [-0.2, -0.15) is 0 Å². The maximum absolute atomic E-state index is 12.2. The van der Waals surface area contributed by atoms with Crippen LogP contribution in [0.3, 0.4) is 0 Å². The second-order valence-corrected chi connectivity index (χ2v) is 6.04. The lowest BCUT2D eigenvalue weighted by molar-refractivity contribution is 0.102. The van der Waals surface area contributed by atoms with Crippen LogP contribution in [0.25, 0.3) is 11.3 Å². The Hall–Kier alpha value is -1.95. The number of hydrogen-bond donors (Lipinski definition) is 1. The maximum Gasteiger partial charge on any atom is 0.257 e. The summed E-state index contributed by atoms with van der Waals surface area (Å²) in [4.78, 5) is 20.6. The average Bonchev–Trinajstić information content (AvgIpc) is 2.99. The molecule has 0 aliphatic heterocycles. The minimum Gasteiger partial charge on any atom is -0.298 e. The van der Waals surface area contributed by atoms with Gasteiger partial charge in [-0.05, 0) is 30.3 Å². The number of anilines is 1. The maximum atomic E-state index is 12.2. The molecule has 0 aliphatic carbocycles. The quantitative estimate of drug-likeness (QED) is 0.741. The third-order valence-corrected chi connectivity index (χ3v) is 4.36. The van der Waals surface area contributed by atoms with Crippen molar-refractivity contribution in [3.8, 4) is 11.3 Å². The zero-order chi connectivity index (χ0) is 15.5. The number of hydrogen-bond acceptors (Lipinski definition) is 4. The Balaban J connectivity index is 1.77. The Morgan fingerprint density at radius 3 is 2.77 bits per heavy atom. The van der Waals surface area contributed by atoms with Gasteiger partial charge in [-0.15, -0.1) is 11.3 Å². The van der Waals surface area contributed by atoms with Crippen molar-refractivity contribution in [3.05, 3.63) is 63.7 Å². The highest BCUT2D eigenvalue weighted by Gasteiger charge is 2.11. The van der Waals surface area contributed by atoms with Crippen LogP contribution >= 0.6 is 34.5 Å². The fraction of sp³-hybridized carbons (Fsp3) is 0. The van der Waals surface area contributed by atoms with Crippen molar-refractivity contribution >= 4 is 45.6 Å². The van der Waals surface area contributed by atoms with E-state index in [2.05, 4.69) is 15.3 Å². The fourth-order valence-electron chi connectivity index (χ4n) is 1.78. The molecule has 1 N–H and O–H groups in total. The zero-order valence-corrected chi connectivity index (χ0v) is 13.4. The summed E-state index contributed by atoms with van der Waals surface area (Å²) in [5.41, 5.74) is 2.09. The number of carbonyl (C=O) groups excluding carboxylic acids is 1. The lowest BCUT2D eigenvalue weighted by Crippen LogP contribution is -2.11. The first-order chi connectivity index (χ1) is 10.6. The molecule has 0 spiro atoms. The number of thiazole rings is 1. The van der Waals surface area contributed by atoms with Crippen molar-refractivity contribution in [2.45, 2.75) is 0 Å². The molecule has 0 saturated heterocycles. The lowest BCUT2D eigenvalue weighted by atomic mass is 10.2. The summed E-state index contributed by atoms with van der Waals surface area (Å²) in [5.74, 6) is -0.286. The summed E-state index contributed by atoms with van der Waals surface area (Å²) in [7, 11) is 0. The third kappa shape index (κ3) is 3.27. The molecule has 3 rings (SSSR count). The highest BCUT2D eigenvalue weighted by molar-refractivity contribution is 7.14. The summed E-state index contributed by atoms with van der Waals surface area (Å²) < 4.78 is 0. The first-order valence-electron chi connectivity index (χ1n) is 6.26. The molecule has 1 aromatic carbocycles. The molecule has 1 amide bonds. The highest BCUT2D eigenvalue weighted by atomic mass is 35.5. The van der Waals surface area contributed by atoms with Gasteiger partial charge in [-0.3, -0.25) is 15.1 Å². The van der Waals surface area contributed by atoms with Crippen LogP contribution < -0.4 is 5.32 Å². The van der Waals surface area contributed by atoms with Crippen molar-refractivity contribution in [1.29, 1.82) is 0 Å². The van der Waals surface area contributed by atoms with E-state index in [4.69, 9.17) is 23.2 Å². The molecule has 7 heteroatoms. The predicted octanol–water partition coefficient (Wildman–Crippen LogP) is 4.76. The fourth-order valence-corrected chi connectivity index (χ4v) is 2.80. The van der Waals surface area contributed by atoms with Gasteiger partial charge in [0.2, 0.25) is 0 Å². The first kappa shape index (κ1) is 15.0. The molecular formula is C15H9Cl2N3OS. The number of rotatable bonds is 3. The number of nitrogens with zero attached hydrogens (tertiary/aromatic N) is 2. The smallest absolute Gasteiger partial charge is 0.257 e. The van der Waals surface area contributed by atoms with Crippen LogP contribution in [0.15, 0.2) is 48.1 Å². The predicted molar refractivity (Wildman–Crippen MR) is 89.8 cm³/mol. The molecule has 2 aromatic heterocycles. The van der Waals surface area contributed by atoms with Crippen LogP contribution in [0.2, 0.25) is 10.0 Å². The second-order valence-electron chi connectivity index (χ2n) is 4.36. The molecule has 110 valence electrons. The molecule has 0 radical (unpaired) electrons. The summed E-state index contributed by atoms with van der Waals surface area (Å²) in [6.07, 6.45) is 3.42. The summed E-state index contributed by atoms with van der Waals surface area (Å²) in [5, 5.41) is 5.86. The van der Waals surface area contributed by atoms with Crippen LogP contribution in [0, 0.1) is 0 Å². The molecule has 0 bridgehead atoms. The third-order valence-electron chi connectivity index (χ3n) is 2.86. The minimum absolute atomic E-state index is 0.286. The van der Waals surface area contributed by atoms with Crippen molar-refractivity contribution in [3.63, 3.8) is 0 Å². The molecule has 2 heterocycles. The minimum atomic E-state index is -0.286. The number of halogens is 2. The number of aromatic nitrogens is 2. The summed E-state index contributed by atoms with van der Waals surface area (Å²) >= 11 is 13.1. The summed E-state index contributed by atoms with van der Waals surface area (Å²) in [6.45, 7) is 0. The molecule has 0 unspecified atom stereocenters. The molecule has 3 aromatic rings. The van der Waals surface area contributed by atoms with Crippen LogP contribution in [0.1, 0.15) is 10.4 Å². The van der Waals surface area contributed by atoms with Crippen molar-refractivity contribution in [2.75, 3.05) is 5.32 Å². The van der Waals surface area contributed by atoms with E-state index in [-0.39, 0.29) is 5.91 Å². The Bertz CT molecular complexity index is 821. The monoisotopic (exact) mass is 349 g/mol. The highest BCUT2D eigenvalue weighted by Crippen LogP contribution is 2.26. The number of benzene rings is 1. The molecule has 0 atom stereocenters. The van der Waals surface area contributed by atoms with Crippen molar-refractivity contribution < 1.29 is 4.79 Å². The number of amides is 1. The number of carbonyl (C=O) groups is 1. The first-order valence-corrected chi connectivity index (χ1v) is 7.89. The lowest BCUT2D eigenvalue weighted by Gasteiger charge is -2.03. The van der Waals surface area contributed by atoms with Crippen LogP contribution in [0.5, 0.6) is 0 Å². The topological polar surface area (TPSA) is 54.9 Å². The number of nitrogens with one attached hydrogen (secondary N) is 1. The van der Waals surface area contributed by atoms with Gasteiger partial charge >= 0.3 is 0 Å². The Morgan fingerprint density at radius 2 is 2.05 bits per heavy atom. The van der Waals surface area contributed by atoms with E-state index in [0.29, 0.717) is 20.7 Å². The Morgan fingerprint density at radius 1 is 1.18 bits per heavy atom. The molecule has 0 aliphatic rings. The van der Waals surface area contributed by atoms with Gasteiger partial charge in [0.1, 0.15) is 0 Å². The molecule has 0 fully saturated rings. The standard InChI is InChI=1S/C15H9Cl2N3OS/c16-11-4-3-9(6-12(11)17)14(21)20-15-19-13(8-22-15)10-2-1-5-18-7-10/h1-8H,(H,19,20,21). The largest absolute Gasteiger partial charge is 0.298 e. The number of pyridine rings is 1. The van der Waals surface area contributed by atoms with Gasteiger partial charge in [0, 0.05) is 28.9 Å². The van der Waals surface area contributed by atoms with E-state index in [1.54, 1.807) is 24.5 Å². The average molecular weight is 350 g/mol. The van der Waals surface area contributed by atoms with Crippen LogP contribution in [-0.2, 0) is 0 Å². The van der Waals surface area contributed by atoms with Gasteiger partial charge in [-0.25, -0.2) is 4.98 Å². The van der Waals surface area contributed by atoms with Gasteiger partial charge < -0.3 is 0 Å². The summed E-state index contributed by atoms with van der Waals surface area (Å²) in [6, 6.07) is 8.46.